The molecule has 0 saturated carbocycles. The topological polar surface area (TPSA) is 3.24 Å². The fourth-order valence-electron chi connectivity index (χ4n) is 3.50. The third kappa shape index (κ3) is 2.19. The van der Waals surface area contributed by atoms with Gasteiger partial charge < -0.3 is 4.90 Å². The monoisotopic (exact) mass is 241 g/mol. The second kappa shape index (κ2) is 5.17. The van der Waals surface area contributed by atoms with Gasteiger partial charge in [0.2, 0.25) is 0 Å². The zero-order valence-electron chi connectivity index (χ0n) is 11.4. The van der Waals surface area contributed by atoms with Crippen molar-refractivity contribution in [2.24, 2.45) is 0 Å². The van der Waals surface area contributed by atoms with Crippen LogP contribution in [-0.4, -0.2) is 11.4 Å². The van der Waals surface area contributed by atoms with Crippen LogP contribution >= 0.6 is 0 Å². The summed E-state index contributed by atoms with van der Waals surface area (Å²) in [6.07, 6.45) is 8.16. The van der Waals surface area contributed by atoms with Crippen LogP contribution in [0.1, 0.15) is 57.1 Å². The Morgan fingerprint density at radius 3 is 2.50 bits per heavy atom. The molecule has 0 bridgehead atoms. The smallest absolute Gasteiger partial charge is 0.0511 e. The van der Waals surface area contributed by atoms with E-state index >= 15 is 0 Å². The van der Waals surface area contributed by atoms with Gasteiger partial charge in [-0.2, -0.15) is 0 Å². The van der Waals surface area contributed by atoms with Crippen LogP contribution in [-0.2, 0) is 0 Å². The molecule has 96 valence electrons. The molecule has 0 saturated heterocycles. The summed E-state index contributed by atoms with van der Waals surface area (Å²) in [5, 5.41) is 0. The van der Waals surface area contributed by atoms with Crippen molar-refractivity contribution in [1.82, 2.24) is 4.90 Å². The molecule has 2 aliphatic rings. The molecule has 1 aromatic rings. The second-order valence-electron chi connectivity index (χ2n) is 5.64. The minimum Gasteiger partial charge on any atom is -0.368 e. The van der Waals surface area contributed by atoms with Crippen LogP contribution < -0.4 is 0 Å². The lowest BCUT2D eigenvalue weighted by Gasteiger charge is -2.40. The Morgan fingerprint density at radius 2 is 1.67 bits per heavy atom. The highest BCUT2D eigenvalue weighted by Crippen LogP contribution is 2.38. The van der Waals surface area contributed by atoms with E-state index in [9.17, 15) is 0 Å². The molecule has 0 aromatic heterocycles. The van der Waals surface area contributed by atoms with Crippen molar-refractivity contribution in [2.45, 2.75) is 51.5 Å². The first kappa shape index (κ1) is 11.8. The minimum atomic E-state index is 0.537. The van der Waals surface area contributed by atoms with E-state index in [0.717, 1.165) is 0 Å². The van der Waals surface area contributed by atoms with Gasteiger partial charge in [-0.3, -0.25) is 0 Å². The predicted molar refractivity (Wildman–Crippen MR) is 76.3 cm³/mol. The normalized spacial score (nSPS) is 21.7. The lowest BCUT2D eigenvalue weighted by molar-refractivity contribution is 0.231. The SMILES string of the molecule is CC(c1ccccc1)N1CCCC2=C1CCCC2. The number of hydrogen-bond donors (Lipinski definition) is 0. The lowest BCUT2D eigenvalue weighted by Crippen LogP contribution is -2.32. The standard InChI is InChI=1S/C17H23N/c1-14(15-8-3-2-4-9-15)18-13-7-11-16-10-5-6-12-17(16)18/h2-4,8-9,14H,5-7,10-13H2,1H3. The summed E-state index contributed by atoms with van der Waals surface area (Å²) in [5.74, 6) is 0. The first-order chi connectivity index (χ1) is 8.86. The average Bonchev–Trinajstić information content (AvgIpc) is 2.47. The molecule has 1 aliphatic carbocycles. The van der Waals surface area contributed by atoms with Gasteiger partial charge in [-0.15, -0.1) is 0 Å². The zero-order valence-corrected chi connectivity index (χ0v) is 11.4. The van der Waals surface area contributed by atoms with E-state index in [0.29, 0.717) is 6.04 Å². The third-order valence-electron chi connectivity index (χ3n) is 4.52. The van der Waals surface area contributed by atoms with Gasteiger partial charge in [0.05, 0.1) is 6.04 Å². The molecule has 1 heterocycles. The minimum absolute atomic E-state index is 0.537. The molecule has 1 aliphatic heterocycles. The van der Waals surface area contributed by atoms with Crippen molar-refractivity contribution in [2.75, 3.05) is 6.54 Å². The summed E-state index contributed by atoms with van der Waals surface area (Å²) >= 11 is 0. The van der Waals surface area contributed by atoms with E-state index in [1.807, 2.05) is 0 Å². The van der Waals surface area contributed by atoms with Crippen LogP contribution in [0.4, 0.5) is 0 Å². The van der Waals surface area contributed by atoms with E-state index in [1.165, 1.54) is 50.6 Å². The number of benzene rings is 1. The van der Waals surface area contributed by atoms with E-state index < -0.39 is 0 Å². The van der Waals surface area contributed by atoms with Gasteiger partial charge in [0.25, 0.3) is 0 Å². The molecule has 0 fully saturated rings. The molecule has 1 unspecified atom stereocenters. The van der Waals surface area contributed by atoms with Gasteiger partial charge in [0.1, 0.15) is 0 Å². The summed E-state index contributed by atoms with van der Waals surface area (Å²) in [5.41, 5.74) is 4.90. The first-order valence-corrected chi connectivity index (χ1v) is 7.39. The molecule has 1 heteroatoms. The van der Waals surface area contributed by atoms with Crippen LogP contribution in [0, 0.1) is 0 Å². The second-order valence-corrected chi connectivity index (χ2v) is 5.64. The van der Waals surface area contributed by atoms with E-state index in [4.69, 9.17) is 0 Å². The fourth-order valence-corrected chi connectivity index (χ4v) is 3.50. The maximum absolute atomic E-state index is 2.67. The maximum atomic E-state index is 2.67. The molecular formula is C17H23N. The van der Waals surface area contributed by atoms with Crippen molar-refractivity contribution in [3.63, 3.8) is 0 Å². The Balaban J connectivity index is 1.87. The largest absolute Gasteiger partial charge is 0.368 e. The maximum Gasteiger partial charge on any atom is 0.0511 e. The molecule has 3 rings (SSSR count). The average molecular weight is 241 g/mol. The Kier molecular flexibility index (Phi) is 3.40. The summed E-state index contributed by atoms with van der Waals surface area (Å²) in [6, 6.07) is 11.5. The van der Waals surface area contributed by atoms with E-state index in [1.54, 1.807) is 11.3 Å². The van der Waals surface area contributed by atoms with Gasteiger partial charge in [0, 0.05) is 12.2 Å². The Labute approximate surface area is 111 Å². The van der Waals surface area contributed by atoms with Gasteiger partial charge in [-0.1, -0.05) is 35.9 Å². The van der Waals surface area contributed by atoms with Crippen molar-refractivity contribution >= 4 is 0 Å². The Bertz CT molecular complexity index is 428. The zero-order chi connectivity index (χ0) is 12.4. The van der Waals surface area contributed by atoms with Gasteiger partial charge in [-0.05, 0) is 51.0 Å². The summed E-state index contributed by atoms with van der Waals surface area (Å²) in [7, 11) is 0. The molecule has 1 atom stereocenters. The van der Waals surface area contributed by atoms with Crippen LogP contribution in [0.15, 0.2) is 41.6 Å². The molecule has 18 heavy (non-hydrogen) atoms. The van der Waals surface area contributed by atoms with Crippen LogP contribution in [0.3, 0.4) is 0 Å². The lowest BCUT2D eigenvalue weighted by atomic mass is 9.88. The highest BCUT2D eigenvalue weighted by Gasteiger charge is 2.26. The molecule has 1 aromatic carbocycles. The van der Waals surface area contributed by atoms with Crippen LogP contribution in [0.2, 0.25) is 0 Å². The quantitative estimate of drug-likeness (QED) is 0.727. The molecular weight excluding hydrogens is 218 g/mol. The molecule has 1 nitrogen and oxygen atoms in total. The van der Waals surface area contributed by atoms with Gasteiger partial charge >= 0.3 is 0 Å². The summed E-state index contributed by atoms with van der Waals surface area (Å²) in [4.78, 5) is 2.67. The highest BCUT2D eigenvalue weighted by molar-refractivity contribution is 5.24. The predicted octanol–water partition coefficient (Wildman–Crippen LogP) is 4.67. The van der Waals surface area contributed by atoms with Crippen LogP contribution in [0.25, 0.3) is 0 Å². The molecule has 0 N–H and O–H groups in total. The fraction of sp³-hybridized carbons (Fsp3) is 0.529. The van der Waals surface area contributed by atoms with Gasteiger partial charge in [-0.25, -0.2) is 0 Å². The molecule has 0 amide bonds. The van der Waals surface area contributed by atoms with Crippen molar-refractivity contribution in [3.05, 3.63) is 47.2 Å². The molecule has 0 radical (unpaired) electrons. The van der Waals surface area contributed by atoms with E-state index in [2.05, 4.69) is 42.2 Å². The first-order valence-electron chi connectivity index (χ1n) is 7.39. The van der Waals surface area contributed by atoms with Crippen molar-refractivity contribution < 1.29 is 0 Å². The van der Waals surface area contributed by atoms with Gasteiger partial charge in [0.15, 0.2) is 0 Å². The Hall–Kier alpha value is -1.24. The van der Waals surface area contributed by atoms with Crippen molar-refractivity contribution in [1.29, 1.82) is 0 Å². The highest BCUT2D eigenvalue weighted by atomic mass is 15.2. The van der Waals surface area contributed by atoms with E-state index in [-0.39, 0.29) is 0 Å². The third-order valence-corrected chi connectivity index (χ3v) is 4.52. The van der Waals surface area contributed by atoms with Crippen LogP contribution in [0.5, 0.6) is 0 Å². The number of allylic oxidation sites excluding steroid dienone is 2. The molecule has 0 spiro atoms. The Morgan fingerprint density at radius 1 is 0.944 bits per heavy atom. The van der Waals surface area contributed by atoms with Crippen molar-refractivity contribution in [3.8, 4) is 0 Å². The number of rotatable bonds is 2. The number of hydrogen-bond acceptors (Lipinski definition) is 1. The summed E-state index contributed by atoms with van der Waals surface area (Å²) < 4.78 is 0. The number of nitrogens with zero attached hydrogens (tertiary/aromatic N) is 1. The summed E-state index contributed by atoms with van der Waals surface area (Å²) in [6.45, 7) is 3.61.